The molecule has 1 rings (SSSR count). The number of hydrogen-bond donors (Lipinski definition) is 1. The summed E-state index contributed by atoms with van der Waals surface area (Å²) in [7, 11) is 0. The van der Waals surface area contributed by atoms with Gasteiger partial charge in [-0.05, 0) is 32.9 Å². The van der Waals surface area contributed by atoms with Gasteiger partial charge in [-0.25, -0.2) is 0 Å². The third kappa shape index (κ3) is 4.07. The monoisotopic (exact) mass is 253 g/mol. The van der Waals surface area contributed by atoms with Crippen molar-refractivity contribution in [2.75, 3.05) is 43.5 Å². The molecule has 0 aliphatic carbocycles. The molecule has 1 heterocycles. The molecule has 0 radical (unpaired) electrons. The number of hydrogen-bond acceptors (Lipinski definition) is 5. The number of rotatable bonds is 8. The Balaban J connectivity index is 2.75. The molecule has 0 unspecified atom stereocenters. The van der Waals surface area contributed by atoms with E-state index in [0.717, 1.165) is 25.5 Å². The van der Waals surface area contributed by atoms with Crippen LogP contribution in [0.5, 0.6) is 5.88 Å². The van der Waals surface area contributed by atoms with Crippen molar-refractivity contribution in [3.63, 3.8) is 0 Å². The van der Waals surface area contributed by atoms with Crippen LogP contribution in [0.15, 0.2) is 12.1 Å². The van der Waals surface area contributed by atoms with Crippen LogP contribution in [-0.4, -0.2) is 37.9 Å². The van der Waals surface area contributed by atoms with Gasteiger partial charge in [-0.15, -0.1) is 0 Å². The second-order valence-corrected chi connectivity index (χ2v) is 3.77. The number of nitrogens with zero attached hydrogens (tertiary/aromatic N) is 2. The van der Waals surface area contributed by atoms with Gasteiger partial charge in [-0.3, -0.25) is 0 Å². The molecule has 0 saturated carbocycles. The van der Waals surface area contributed by atoms with Crippen LogP contribution in [0.4, 0.5) is 11.5 Å². The molecule has 0 bridgehead atoms. The predicted octanol–water partition coefficient (Wildman–Crippen LogP) is 1.93. The van der Waals surface area contributed by atoms with Crippen molar-refractivity contribution in [1.29, 1.82) is 0 Å². The largest absolute Gasteiger partial charge is 0.476 e. The molecule has 0 saturated heterocycles. The number of anilines is 2. The molecular weight excluding hydrogens is 230 g/mol. The summed E-state index contributed by atoms with van der Waals surface area (Å²) < 4.78 is 10.8. The molecule has 0 aliphatic rings. The standard InChI is InChI=1S/C13H23N3O2/c1-4-16(9-10-17-5-2)12-8-7-11(14)13(15-12)18-6-3/h7-8H,4-6,9-10,14H2,1-3H3. The number of nitrogens with two attached hydrogens (primary N) is 1. The lowest BCUT2D eigenvalue weighted by Crippen LogP contribution is -2.28. The van der Waals surface area contributed by atoms with Gasteiger partial charge < -0.3 is 20.1 Å². The summed E-state index contributed by atoms with van der Waals surface area (Å²) in [4.78, 5) is 6.57. The minimum Gasteiger partial charge on any atom is -0.476 e. The van der Waals surface area contributed by atoms with E-state index < -0.39 is 0 Å². The lowest BCUT2D eigenvalue weighted by molar-refractivity contribution is 0.154. The number of likely N-dealkylation sites (N-methyl/N-ethyl adjacent to an activating group) is 1. The molecule has 0 aliphatic heterocycles. The summed E-state index contributed by atoms with van der Waals surface area (Å²) in [6, 6.07) is 3.74. The predicted molar refractivity (Wildman–Crippen MR) is 74.2 cm³/mol. The van der Waals surface area contributed by atoms with E-state index in [1.807, 2.05) is 26.0 Å². The zero-order valence-corrected chi connectivity index (χ0v) is 11.5. The first-order chi connectivity index (χ1) is 8.72. The van der Waals surface area contributed by atoms with Crippen LogP contribution in [0.1, 0.15) is 20.8 Å². The Labute approximate surface area is 109 Å². The molecule has 5 nitrogen and oxygen atoms in total. The van der Waals surface area contributed by atoms with Crippen molar-refractivity contribution < 1.29 is 9.47 Å². The van der Waals surface area contributed by atoms with Gasteiger partial charge in [0.05, 0.1) is 18.9 Å². The minimum absolute atomic E-state index is 0.504. The average Bonchev–Trinajstić information content (AvgIpc) is 2.38. The SMILES string of the molecule is CCOCCN(CC)c1ccc(N)c(OCC)n1. The third-order valence-electron chi connectivity index (χ3n) is 2.57. The van der Waals surface area contributed by atoms with E-state index in [9.17, 15) is 0 Å². The first-order valence-corrected chi connectivity index (χ1v) is 6.44. The van der Waals surface area contributed by atoms with Gasteiger partial charge in [0.1, 0.15) is 5.82 Å². The van der Waals surface area contributed by atoms with Gasteiger partial charge in [0.25, 0.3) is 0 Å². The van der Waals surface area contributed by atoms with Crippen molar-refractivity contribution in [2.45, 2.75) is 20.8 Å². The summed E-state index contributed by atoms with van der Waals surface area (Å²) in [5.74, 6) is 1.37. The molecule has 0 spiro atoms. The van der Waals surface area contributed by atoms with E-state index in [4.69, 9.17) is 15.2 Å². The van der Waals surface area contributed by atoms with E-state index in [-0.39, 0.29) is 0 Å². The van der Waals surface area contributed by atoms with Crippen molar-refractivity contribution >= 4 is 11.5 Å². The maximum atomic E-state index is 5.81. The lowest BCUT2D eigenvalue weighted by Gasteiger charge is -2.22. The molecule has 1 aromatic heterocycles. The Hall–Kier alpha value is -1.49. The zero-order valence-electron chi connectivity index (χ0n) is 11.5. The molecule has 102 valence electrons. The van der Waals surface area contributed by atoms with Gasteiger partial charge in [0.15, 0.2) is 0 Å². The zero-order chi connectivity index (χ0) is 13.4. The Kier molecular flexibility index (Phi) is 6.28. The lowest BCUT2D eigenvalue weighted by atomic mass is 10.3. The smallest absolute Gasteiger partial charge is 0.239 e. The van der Waals surface area contributed by atoms with Gasteiger partial charge in [0.2, 0.25) is 5.88 Å². The number of pyridine rings is 1. The van der Waals surface area contributed by atoms with Crippen molar-refractivity contribution in [2.24, 2.45) is 0 Å². The Morgan fingerprint density at radius 3 is 2.61 bits per heavy atom. The fraction of sp³-hybridized carbons (Fsp3) is 0.615. The van der Waals surface area contributed by atoms with E-state index in [1.54, 1.807) is 0 Å². The van der Waals surface area contributed by atoms with Crippen molar-refractivity contribution in [3.05, 3.63) is 12.1 Å². The number of ether oxygens (including phenoxy) is 2. The molecule has 18 heavy (non-hydrogen) atoms. The van der Waals surface area contributed by atoms with Crippen LogP contribution in [0, 0.1) is 0 Å². The second-order valence-electron chi connectivity index (χ2n) is 3.77. The van der Waals surface area contributed by atoms with Crippen LogP contribution in [0.25, 0.3) is 0 Å². The van der Waals surface area contributed by atoms with Gasteiger partial charge in [0, 0.05) is 19.7 Å². The van der Waals surface area contributed by atoms with E-state index >= 15 is 0 Å². The summed E-state index contributed by atoms with van der Waals surface area (Å²) in [5.41, 5.74) is 6.38. The van der Waals surface area contributed by atoms with Crippen LogP contribution < -0.4 is 15.4 Å². The van der Waals surface area contributed by atoms with E-state index in [1.165, 1.54) is 0 Å². The molecule has 0 amide bonds. The number of nitrogen functional groups attached to an aromatic ring is 1. The molecule has 0 atom stereocenters. The molecule has 0 fully saturated rings. The minimum atomic E-state index is 0.504. The fourth-order valence-electron chi connectivity index (χ4n) is 1.62. The molecule has 1 aromatic rings. The topological polar surface area (TPSA) is 60.6 Å². The second kappa shape index (κ2) is 7.76. The summed E-state index contributed by atoms with van der Waals surface area (Å²) >= 11 is 0. The summed E-state index contributed by atoms with van der Waals surface area (Å²) in [6.45, 7) is 9.67. The van der Waals surface area contributed by atoms with E-state index in [2.05, 4.69) is 16.8 Å². The summed E-state index contributed by atoms with van der Waals surface area (Å²) in [5, 5.41) is 0. The highest BCUT2D eigenvalue weighted by Crippen LogP contribution is 2.22. The summed E-state index contributed by atoms with van der Waals surface area (Å²) in [6.07, 6.45) is 0. The maximum absolute atomic E-state index is 5.81. The van der Waals surface area contributed by atoms with Crippen LogP contribution >= 0.6 is 0 Å². The van der Waals surface area contributed by atoms with Gasteiger partial charge in [-0.1, -0.05) is 0 Å². The van der Waals surface area contributed by atoms with Crippen LogP contribution in [0.3, 0.4) is 0 Å². The Morgan fingerprint density at radius 1 is 1.22 bits per heavy atom. The van der Waals surface area contributed by atoms with Crippen molar-refractivity contribution in [3.8, 4) is 5.88 Å². The van der Waals surface area contributed by atoms with Crippen molar-refractivity contribution in [1.82, 2.24) is 4.98 Å². The highest BCUT2D eigenvalue weighted by molar-refractivity contribution is 5.54. The van der Waals surface area contributed by atoms with E-state index in [0.29, 0.717) is 24.8 Å². The third-order valence-corrected chi connectivity index (χ3v) is 2.57. The molecule has 5 heteroatoms. The van der Waals surface area contributed by atoms with Gasteiger partial charge >= 0.3 is 0 Å². The van der Waals surface area contributed by atoms with Crippen LogP contribution in [0.2, 0.25) is 0 Å². The average molecular weight is 253 g/mol. The number of aromatic nitrogens is 1. The highest BCUT2D eigenvalue weighted by Gasteiger charge is 2.09. The van der Waals surface area contributed by atoms with Gasteiger partial charge in [-0.2, -0.15) is 4.98 Å². The maximum Gasteiger partial charge on any atom is 0.239 e. The first kappa shape index (κ1) is 14.6. The Morgan fingerprint density at radius 2 is 2.00 bits per heavy atom. The Bertz CT molecular complexity index is 358. The normalized spacial score (nSPS) is 10.4. The first-order valence-electron chi connectivity index (χ1n) is 6.44. The van der Waals surface area contributed by atoms with Crippen LogP contribution in [-0.2, 0) is 4.74 Å². The highest BCUT2D eigenvalue weighted by atomic mass is 16.5. The fourth-order valence-corrected chi connectivity index (χ4v) is 1.62. The molecule has 2 N–H and O–H groups in total. The molecular formula is C13H23N3O2. The molecule has 0 aromatic carbocycles. The quantitative estimate of drug-likeness (QED) is 0.717.